The van der Waals surface area contributed by atoms with Crippen LogP contribution >= 0.6 is 0 Å². The first-order valence-corrected chi connectivity index (χ1v) is 8.17. The molecule has 0 aliphatic carbocycles. The van der Waals surface area contributed by atoms with Crippen LogP contribution < -0.4 is 9.47 Å². The SMILES string of the molecule is CCC(=O)CCc1cc(OC)c(OC)cc1/C=C/c1ccccc1. The predicted molar refractivity (Wildman–Crippen MR) is 98.5 cm³/mol. The minimum Gasteiger partial charge on any atom is -0.493 e. The summed E-state index contributed by atoms with van der Waals surface area (Å²) < 4.78 is 10.8. The molecule has 0 amide bonds. The van der Waals surface area contributed by atoms with Gasteiger partial charge in [0, 0.05) is 12.8 Å². The van der Waals surface area contributed by atoms with Gasteiger partial charge in [0.25, 0.3) is 0 Å². The Labute approximate surface area is 143 Å². The van der Waals surface area contributed by atoms with E-state index in [0.717, 1.165) is 16.7 Å². The van der Waals surface area contributed by atoms with Gasteiger partial charge in [-0.1, -0.05) is 49.4 Å². The molecular weight excluding hydrogens is 300 g/mol. The molecule has 24 heavy (non-hydrogen) atoms. The maximum atomic E-state index is 11.7. The van der Waals surface area contributed by atoms with Crippen molar-refractivity contribution in [2.45, 2.75) is 26.2 Å². The second-order valence-electron chi connectivity index (χ2n) is 5.54. The van der Waals surface area contributed by atoms with E-state index in [4.69, 9.17) is 9.47 Å². The summed E-state index contributed by atoms with van der Waals surface area (Å²) in [7, 11) is 3.25. The van der Waals surface area contributed by atoms with Crippen molar-refractivity contribution in [3.8, 4) is 11.5 Å². The van der Waals surface area contributed by atoms with Crippen molar-refractivity contribution in [2.24, 2.45) is 0 Å². The van der Waals surface area contributed by atoms with Crippen molar-refractivity contribution < 1.29 is 14.3 Å². The Morgan fingerprint density at radius 1 is 1.00 bits per heavy atom. The molecule has 0 saturated carbocycles. The lowest BCUT2D eigenvalue weighted by atomic mass is 9.99. The van der Waals surface area contributed by atoms with E-state index < -0.39 is 0 Å². The van der Waals surface area contributed by atoms with Crippen LogP contribution in [0.5, 0.6) is 11.5 Å². The first-order chi connectivity index (χ1) is 11.7. The average Bonchev–Trinajstić information content (AvgIpc) is 2.64. The Hall–Kier alpha value is -2.55. The largest absolute Gasteiger partial charge is 0.493 e. The number of aryl methyl sites for hydroxylation is 1. The molecule has 2 aromatic carbocycles. The van der Waals surface area contributed by atoms with Crippen molar-refractivity contribution >= 4 is 17.9 Å². The molecule has 2 rings (SSSR count). The summed E-state index contributed by atoms with van der Waals surface area (Å²) in [5.74, 6) is 1.65. The number of hydrogen-bond donors (Lipinski definition) is 0. The number of ketones is 1. The number of Topliss-reactive ketones (excluding diaryl/α,β-unsaturated/α-hetero) is 1. The maximum absolute atomic E-state index is 11.7. The zero-order valence-electron chi connectivity index (χ0n) is 14.5. The van der Waals surface area contributed by atoms with E-state index in [2.05, 4.69) is 24.3 Å². The fraction of sp³-hybridized carbons (Fsp3) is 0.286. The first kappa shape index (κ1) is 17.8. The van der Waals surface area contributed by atoms with Crippen LogP contribution in [0, 0.1) is 0 Å². The minimum absolute atomic E-state index is 0.266. The molecule has 0 radical (unpaired) electrons. The number of carbonyl (C=O) groups excluding carboxylic acids is 1. The van der Waals surface area contributed by atoms with Gasteiger partial charge in [-0.3, -0.25) is 4.79 Å². The van der Waals surface area contributed by atoms with E-state index in [1.54, 1.807) is 14.2 Å². The topological polar surface area (TPSA) is 35.5 Å². The summed E-state index contributed by atoms with van der Waals surface area (Å²) in [5.41, 5.74) is 3.25. The van der Waals surface area contributed by atoms with Crippen LogP contribution in [-0.4, -0.2) is 20.0 Å². The number of methoxy groups -OCH3 is 2. The second-order valence-corrected chi connectivity index (χ2v) is 5.54. The van der Waals surface area contributed by atoms with Crippen LogP contribution in [0.15, 0.2) is 42.5 Å². The fourth-order valence-corrected chi connectivity index (χ4v) is 2.51. The quantitative estimate of drug-likeness (QED) is 0.655. The lowest BCUT2D eigenvalue weighted by molar-refractivity contribution is -0.118. The second kappa shape index (κ2) is 8.92. The van der Waals surface area contributed by atoms with Gasteiger partial charge in [-0.05, 0) is 35.2 Å². The maximum Gasteiger partial charge on any atom is 0.161 e. The monoisotopic (exact) mass is 324 g/mol. The molecular formula is C21H24O3. The van der Waals surface area contributed by atoms with Crippen LogP contribution in [0.3, 0.4) is 0 Å². The zero-order chi connectivity index (χ0) is 17.4. The highest BCUT2D eigenvalue weighted by molar-refractivity contribution is 5.79. The van der Waals surface area contributed by atoms with Crippen molar-refractivity contribution in [3.63, 3.8) is 0 Å². The molecule has 3 heteroatoms. The van der Waals surface area contributed by atoms with E-state index in [1.165, 1.54) is 0 Å². The fourth-order valence-electron chi connectivity index (χ4n) is 2.51. The van der Waals surface area contributed by atoms with Crippen LogP contribution in [0.25, 0.3) is 12.2 Å². The van der Waals surface area contributed by atoms with Gasteiger partial charge in [0.2, 0.25) is 0 Å². The van der Waals surface area contributed by atoms with E-state index in [-0.39, 0.29) is 5.78 Å². The first-order valence-electron chi connectivity index (χ1n) is 8.17. The summed E-state index contributed by atoms with van der Waals surface area (Å²) >= 11 is 0. The Morgan fingerprint density at radius 3 is 2.29 bits per heavy atom. The number of hydrogen-bond acceptors (Lipinski definition) is 3. The molecule has 0 unspecified atom stereocenters. The number of benzene rings is 2. The van der Waals surface area contributed by atoms with Crippen LogP contribution in [0.1, 0.15) is 36.5 Å². The van der Waals surface area contributed by atoms with Crippen molar-refractivity contribution in [1.29, 1.82) is 0 Å². The predicted octanol–water partition coefficient (Wildman–Crippen LogP) is 4.79. The van der Waals surface area contributed by atoms with Crippen molar-refractivity contribution in [3.05, 3.63) is 59.2 Å². The minimum atomic E-state index is 0.266. The van der Waals surface area contributed by atoms with Gasteiger partial charge in [-0.25, -0.2) is 0 Å². The molecule has 0 fully saturated rings. The van der Waals surface area contributed by atoms with Crippen LogP contribution in [0.4, 0.5) is 0 Å². The molecule has 0 atom stereocenters. The third-order valence-electron chi connectivity index (χ3n) is 3.97. The number of carbonyl (C=O) groups is 1. The van der Waals surface area contributed by atoms with Gasteiger partial charge < -0.3 is 9.47 Å². The molecule has 0 spiro atoms. The molecule has 0 N–H and O–H groups in total. The van der Waals surface area contributed by atoms with Gasteiger partial charge in [-0.2, -0.15) is 0 Å². The highest BCUT2D eigenvalue weighted by atomic mass is 16.5. The molecule has 0 aromatic heterocycles. The molecule has 0 saturated heterocycles. The van der Waals surface area contributed by atoms with E-state index in [9.17, 15) is 4.79 Å². The summed E-state index contributed by atoms with van der Waals surface area (Å²) in [6, 6.07) is 14.0. The molecule has 0 aliphatic heterocycles. The van der Waals surface area contributed by atoms with Gasteiger partial charge in [-0.15, -0.1) is 0 Å². The van der Waals surface area contributed by atoms with Crippen LogP contribution in [-0.2, 0) is 11.2 Å². The molecule has 126 valence electrons. The lowest BCUT2D eigenvalue weighted by Crippen LogP contribution is -2.01. The Bertz CT molecular complexity index is 703. The van der Waals surface area contributed by atoms with Gasteiger partial charge >= 0.3 is 0 Å². The molecule has 0 aliphatic rings. The Morgan fingerprint density at radius 2 is 1.67 bits per heavy atom. The highest BCUT2D eigenvalue weighted by Crippen LogP contribution is 2.32. The van der Waals surface area contributed by atoms with Crippen LogP contribution in [0.2, 0.25) is 0 Å². The Balaban J connectivity index is 2.34. The summed E-state index contributed by atoms with van der Waals surface area (Å²) in [5, 5.41) is 0. The van der Waals surface area contributed by atoms with Gasteiger partial charge in [0.1, 0.15) is 5.78 Å². The van der Waals surface area contributed by atoms with E-state index >= 15 is 0 Å². The molecule has 0 heterocycles. The normalized spacial score (nSPS) is 10.8. The molecule has 2 aromatic rings. The third kappa shape index (κ3) is 4.72. The summed E-state index contributed by atoms with van der Waals surface area (Å²) in [6.45, 7) is 1.90. The van der Waals surface area contributed by atoms with Gasteiger partial charge in [0.05, 0.1) is 14.2 Å². The van der Waals surface area contributed by atoms with Crippen molar-refractivity contribution in [2.75, 3.05) is 14.2 Å². The average molecular weight is 324 g/mol. The molecule has 3 nitrogen and oxygen atoms in total. The van der Waals surface area contributed by atoms with E-state index in [0.29, 0.717) is 30.8 Å². The lowest BCUT2D eigenvalue weighted by Gasteiger charge is -2.13. The Kier molecular flexibility index (Phi) is 6.62. The summed E-state index contributed by atoms with van der Waals surface area (Å²) in [6.07, 6.45) is 5.93. The third-order valence-corrected chi connectivity index (χ3v) is 3.97. The number of rotatable bonds is 8. The van der Waals surface area contributed by atoms with Gasteiger partial charge in [0.15, 0.2) is 11.5 Å². The molecule has 0 bridgehead atoms. The van der Waals surface area contributed by atoms with Crippen molar-refractivity contribution in [1.82, 2.24) is 0 Å². The number of ether oxygens (including phenoxy) is 2. The van der Waals surface area contributed by atoms with E-state index in [1.807, 2.05) is 37.3 Å². The standard InChI is InChI=1S/C21H24O3/c1-4-19(22)13-12-18-15-21(24-3)20(23-2)14-17(18)11-10-16-8-6-5-7-9-16/h5-11,14-15H,4,12-13H2,1-3H3/b11-10+. The highest BCUT2D eigenvalue weighted by Gasteiger charge is 2.11. The summed E-state index contributed by atoms with van der Waals surface area (Å²) in [4.78, 5) is 11.7. The zero-order valence-corrected chi connectivity index (χ0v) is 14.5. The smallest absolute Gasteiger partial charge is 0.161 e.